The topological polar surface area (TPSA) is 49.4 Å². The molecule has 0 atom stereocenters. The summed E-state index contributed by atoms with van der Waals surface area (Å²) in [6.07, 6.45) is 1.88. The van der Waals surface area contributed by atoms with Gasteiger partial charge in [-0.2, -0.15) is 0 Å². The summed E-state index contributed by atoms with van der Waals surface area (Å²) in [4.78, 5) is 24.7. The van der Waals surface area contributed by atoms with Crippen LogP contribution in [0, 0.1) is 5.82 Å². The standard InChI is InChI=1S/C13H14ClFN2O2/c1-8(18)17(10-3-4-10)7-13(19)16-9-2-5-12(15)11(14)6-9/h2,5-6,10H,3-4,7H2,1H3,(H,16,19). The van der Waals surface area contributed by atoms with Gasteiger partial charge in [0.1, 0.15) is 12.4 Å². The zero-order valence-electron chi connectivity index (χ0n) is 10.5. The molecule has 1 aromatic rings. The van der Waals surface area contributed by atoms with E-state index in [4.69, 9.17) is 11.6 Å². The largest absolute Gasteiger partial charge is 0.331 e. The smallest absolute Gasteiger partial charge is 0.244 e. The Morgan fingerprint density at radius 1 is 1.47 bits per heavy atom. The molecule has 0 unspecified atom stereocenters. The van der Waals surface area contributed by atoms with Gasteiger partial charge < -0.3 is 10.2 Å². The van der Waals surface area contributed by atoms with Crippen molar-refractivity contribution in [2.24, 2.45) is 0 Å². The molecule has 0 spiro atoms. The molecule has 0 heterocycles. The van der Waals surface area contributed by atoms with Crippen molar-refractivity contribution in [2.75, 3.05) is 11.9 Å². The molecule has 1 aromatic carbocycles. The van der Waals surface area contributed by atoms with Crippen molar-refractivity contribution >= 4 is 29.1 Å². The van der Waals surface area contributed by atoms with Gasteiger partial charge >= 0.3 is 0 Å². The molecule has 19 heavy (non-hydrogen) atoms. The Kier molecular flexibility index (Phi) is 4.04. The van der Waals surface area contributed by atoms with Crippen LogP contribution >= 0.6 is 11.6 Å². The van der Waals surface area contributed by atoms with Crippen LogP contribution in [0.1, 0.15) is 19.8 Å². The molecule has 0 radical (unpaired) electrons. The molecule has 102 valence electrons. The minimum Gasteiger partial charge on any atom is -0.331 e. The highest BCUT2D eigenvalue weighted by Crippen LogP contribution is 2.26. The first-order chi connectivity index (χ1) is 8.97. The van der Waals surface area contributed by atoms with E-state index in [9.17, 15) is 14.0 Å². The maximum absolute atomic E-state index is 13.0. The maximum Gasteiger partial charge on any atom is 0.244 e. The lowest BCUT2D eigenvalue weighted by Gasteiger charge is -2.19. The zero-order chi connectivity index (χ0) is 14.0. The summed E-state index contributed by atoms with van der Waals surface area (Å²) >= 11 is 5.62. The molecule has 0 aromatic heterocycles. The molecule has 1 aliphatic carbocycles. The van der Waals surface area contributed by atoms with E-state index in [1.807, 2.05) is 0 Å². The van der Waals surface area contributed by atoms with Crippen LogP contribution in [0.15, 0.2) is 18.2 Å². The molecule has 1 saturated carbocycles. The second-order valence-corrected chi connectivity index (χ2v) is 4.96. The number of amides is 2. The van der Waals surface area contributed by atoms with Gasteiger partial charge in [-0.15, -0.1) is 0 Å². The third kappa shape index (κ3) is 3.67. The van der Waals surface area contributed by atoms with E-state index in [-0.39, 0.29) is 29.4 Å². The van der Waals surface area contributed by atoms with Gasteiger partial charge in [-0.25, -0.2) is 4.39 Å². The summed E-state index contributed by atoms with van der Waals surface area (Å²) in [7, 11) is 0. The van der Waals surface area contributed by atoms with Crippen molar-refractivity contribution in [3.05, 3.63) is 29.0 Å². The highest BCUT2D eigenvalue weighted by molar-refractivity contribution is 6.31. The number of carbonyl (C=O) groups is 2. The van der Waals surface area contributed by atoms with Gasteiger partial charge in [-0.1, -0.05) is 11.6 Å². The number of rotatable bonds is 4. The van der Waals surface area contributed by atoms with Crippen molar-refractivity contribution in [2.45, 2.75) is 25.8 Å². The Morgan fingerprint density at radius 2 is 2.16 bits per heavy atom. The summed E-state index contributed by atoms with van der Waals surface area (Å²) in [5, 5.41) is 2.54. The molecule has 1 aliphatic rings. The normalized spacial score (nSPS) is 14.1. The Bertz CT molecular complexity index is 517. The van der Waals surface area contributed by atoms with Crippen LogP contribution in [0.3, 0.4) is 0 Å². The molecule has 6 heteroatoms. The Balaban J connectivity index is 1.96. The van der Waals surface area contributed by atoms with Gasteiger partial charge in [0.25, 0.3) is 0 Å². The summed E-state index contributed by atoms with van der Waals surface area (Å²) in [6.45, 7) is 1.45. The van der Waals surface area contributed by atoms with Gasteiger partial charge in [-0.3, -0.25) is 9.59 Å². The monoisotopic (exact) mass is 284 g/mol. The lowest BCUT2D eigenvalue weighted by molar-refractivity contribution is -0.133. The molecule has 0 saturated heterocycles. The molecule has 4 nitrogen and oxygen atoms in total. The third-order valence-electron chi connectivity index (χ3n) is 2.91. The van der Waals surface area contributed by atoms with Gasteiger partial charge in [0, 0.05) is 18.7 Å². The number of anilines is 1. The molecule has 2 amide bonds. The van der Waals surface area contributed by atoms with Crippen LogP contribution < -0.4 is 5.32 Å². The molecule has 1 fully saturated rings. The highest BCUT2D eigenvalue weighted by atomic mass is 35.5. The second kappa shape index (κ2) is 5.57. The Labute approximate surface area is 115 Å². The first-order valence-corrected chi connectivity index (χ1v) is 6.37. The minimum absolute atomic E-state index is 0.00892. The Morgan fingerprint density at radius 3 is 2.68 bits per heavy atom. The SMILES string of the molecule is CC(=O)N(CC(=O)Nc1ccc(F)c(Cl)c1)C1CC1. The van der Waals surface area contributed by atoms with Crippen LogP contribution in [0.4, 0.5) is 10.1 Å². The van der Waals surface area contributed by atoms with Gasteiger partial charge in [0.05, 0.1) is 5.02 Å². The fraction of sp³-hybridized carbons (Fsp3) is 0.385. The Hall–Kier alpha value is -1.62. The summed E-state index contributed by atoms with van der Waals surface area (Å²) in [5.74, 6) is -0.970. The van der Waals surface area contributed by atoms with E-state index in [1.54, 1.807) is 4.90 Å². The van der Waals surface area contributed by atoms with Crippen LogP contribution in [0.5, 0.6) is 0 Å². The van der Waals surface area contributed by atoms with Crippen LogP contribution in [-0.4, -0.2) is 29.3 Å². The van der Waals surface area contributed by atoms with Crippen LogP contribution in [0.25, 0.3) is 0 Å². The van der Waals surface area contributed by atoms with Crippen molar-refractivity contribution in [1.29, 1.82) is 0 Å². The summed E-state index contributed by atoms with van der Waals surface area (Å²) in [6, 6.07) is 4.12. The molecule has 1 N–H and O–H groups in total. The van der Waals surface area contributed by atoms with Gasteiger partial charge in [0.15, 0.2) is 0 Å². The van der Waals surface area contributed by atoms with E-state index in [2.05, 4.69) is 5.32 Å². The summed E-state index contributed by atoms with van der Waals surface area (Å²) < 4.78 is 13.0. The first kappa shape index (κ1) is 13.8. The molecule has 0 bridgehead atoms. The second-order valence-electron chi connectivity index (χ2n) is 4.56. The van der Waals surface area contributed by atoms with Crippen molar-refractivity contribution in [3.8, 4) is 0 Å². The lowest BCUT2D eigenvalue weighted by Crippen LogP contribution is -2.38. The van der Waals surface area contributed by atoms with Crippen LogP contribution in [-0.2, 0) is 9.59 Å². The van der Waals surface area contributed by atoms with E-state index in [0.29, 0.717) is 5.69 Å². The highest BCUT2D eigenvalue weighted by Gasteiger charge is 2.31. The number of halogens is 2. The van der Waals surface area contributed by atoms with E-state index >= 15 is 0 Å². The lowest BCUT2D eigenvalue weighted by atomic mass is 10.3. The van der Waals surface area contributed by atoms with Crippen molar-refractivity contribution in [3.63, 3.8) is 0 Å². The predicted molar refractivity (Wildman–Crippen MR) is 70.4 cm³/mol. The molecular weight excluding hydrogens is 271 g/mol. The zero-order valence-corrected chi connectivity index (χ0v) is 11.2. The van der Waals surface area contributed by atoms with Gasteiger partial charge in [-0.05, 0) is 31.0 Å². The van der Waals surface area contributed by atoms with E-state index in [0.717, 1.165) is 12.8 Å². The third-order valence-corrected chi connectivity index (χ3v) is 3.20. The summed E-state index contributed by atoms with van der Waals surface area (Å²) in [5.41, 5.74) is 0.413. The number of benzene rings is 1. The maximum atomic E-state index is 13.0. The van der Waals surface area contributed by atoms with E-state index < -0.39 is 5.82 Å². The van der Waals surface area contributed by atoms with Gasteiger partial charge in [0.2, 0.25) is 11.8 Å². The average molecular weight is 285 g/mol. The number of hydrogen-bond donors (Lipinski definition) is 1. The molecule has 0 aliphatic heterocycles. The minimum atomic E-state index is -0.539. The van der Waals surface area contributed by atoms with Crippen LogP contribution in [0.2, 0.25) is 5.02 Å². The predicted octanol–water partition coefficient (Wildman–Crippen LogP) is 2.43. The van der Waals surface area contributed by atoms with Crippen molar-refractivity contribution < 1.29 is 14.0 Å². The number of nitrogens with one attached hydrogen (secondary N) is 1. The number of hydrogen-bond acceptors (Lipinski definition) is 2. The fourth-order valence-electron chi connectivity index (χ4n) is 1.81. The molecular formula is C13H14ClFN2O2. The average Bonchev–Trinajstić information content (AvgIpc) is 3.14. The van der Waals surface area contributed by atoms with E-state index in [1.165, 1.54) is 25.1 Å². The number of nitrogens with zero attached hydrogens (tertiary/aromatic N) is 1. The first-order valence-electron chi connectivity index (χ1n) is 5.99. The number of carbonyl (C=O) groups excluding carboxylic acids is 2. The fourth-order valence-corrected chi connectivity index (χ4v) is 1.99. The van der Waals surface area contributed by atoms with Crippen molar-refractivity contribution in [1.82, 2.24) is 4.90 Å². The quantitative estimate of drug-likeness (QED) is 0.923. The molecule has 2 rings (SSSR count).